The molecule has 0 amide bonds. The number of piperazine rings is 1. The van der Waals surface area contributed by atoms with Gasteiger partial charge in [-0.25, -0.2) is 0 Å². The molecule has 0 aromatic heterocycles. The number of hydrogen-bond donors (Lipinski definition) is 1. The van der Waals surface area contributed by atoms with Crippen LogP contribution in [-0.4, -0.2) is 63.5 Å². The molecule has 4 nitrogen and oxygen atoms in total. The van der Waals surface area contributed by atoms with Crippen molar-refractivity contribution in [3.8, 4) is 0 Å². The fourth-order valence-corrected chi connectivity index (χ4v) is 2.70. The molecule has 0 saturated carbocycles. The summed E-state index contributed by atoms with van der Waals surface area (Å²) in [7, 11) is 3.51. The summed E-state index contributed by atoms with van der Waals surface area (Å²) >= 11 is 0. The van der Waals surface area contributed by atoms with E-state index >= 15 is 0 Å². The zero-order valence-corrected chi connectivity index (χ0v) is 13.5. The van der Waals surface area contributed by atoms with Crippen LogP contribution in [0.2, 0.25) is 0 Å². The third-order valence-electron chi connectivity index (χ3n) is 4.17. The molecule has 0 aromatic carbocycles. The minimum atomic E-state index is 0.165. The third kappa shape index (κ3) is 5.03. The van der Waals surface area contributed by atoms with Crippen molar-refractivity contribution in [2.75, 3.05) is 40.5 Å². The van der Waals surface area contributed by atoms with Crippen LogP contribution >= 0.6 is 0 Å². The first-order valence-electron chi connectivity index (χ1n) is 7.41. The fourth-order valence-electron chi connectivity index (χ4n) is 2.70. The van der Waals surface area contributed by atoms with Gasteiger partial charge in [0, 0.05) is 45.9 Å². The van der Waals surface area contributed by atoms with Gasteiger partial charge in [0.15, 0.2) is 0 Å². The topological polar surface area (TPSA) is 33.7 Å². The van der Waals surface area contributed by atoms with Crippen LogP contribution in [-0.2, 0) is 9.47 Å². The maximum atomic E-state index is 5.52. The summed E-state index contributed by atoms with van der Waals surface area (Å²) in [6.45, 7) is 12.9. The first kappa shape index (κ1) is 16.9. The molecule has 0 aromatic rings. The lowest BCUT2D eigenvalue weighted by molar-refractivity contribution is -0.0175. The second-order valence-electron chi connectivity index (χ2n) is 6.66. The highest BCUT2D eigenvalue weighted by molar-refractivity contribution is 4.92. The Morgan fingerprint density at radius 2 is 2.00 bits per heavy atom. The van der Waals surface area contributed by atoms with Crippen LogP contribution in [0.1, 0.15) is 34.1 Å². The lowest BCUT2D eigenvalue weighted by Crippen LogP contribution is -2.61. The number of ether oxygens (including phenoxy) is 2. The van der Waals surface area contributed by atoms with Gasteiger partial charge in [0.1, 0.15) is 0 Å². The van der Waals surface area contributed by atoms with Crippen molar-refractivity contribution in [1.29, 1.82) is 0 Å². The van der Waals surface area contributed by atoms with Crippen molar-refractivity contribution in [3.05, 3.63) is 0 Å². The van der Waals surface area contributed by atoms with Gasteiger partial charge in [0.05, 0.1) is 12.7 Å². The molecule has 4 heteroatoms. The standard InChI is InChI=1S/C15H32N2O2/c1-7-12-8-16-14(15(2,3)4)10-17(12)9-13(19-6)11-18-5/h12-14,16H,7-11H2,1-6H3. The minimum Gasteiger partial charge on any atom is -0.382 e. The SMILES string of the molecule is CCC1CNC(C(C)(C)C)CN1CC(COC)OC. The number of nitrogens with one attached hydrogen (secondary N) is 1. The van der Waals surface area contributed by atoms with Crippen molar-refractivity contribution in [2.24, 2.45) is 5.41 Å². The molecule has 1 fully saturated rings. The van der Waals surface area contributed by atoms with Crippen LogP contribution in [0.4, 0.5) is 0 Å². The molecule has 3 unspecified atom stereocenters. The smallest absolute Gasteiger partial charge is 0.0931 e. The first-order valence-corrected chi connectivity index (χ1v) is 7.41. The van der Waals surface area contributed by atoms with Gasteiger partial charge in [-0.1, -0.05) is 27.7 Å². The number of methoxy groups -OCH3 is 2. The Labute approximate surface area is 118 Å². The Hall–Kier alpha value is -0.160. The van der Waals surface area contributed by atoms with Gasteiger partial charge in [-0.2, -0.15) is 0 Å². The number of hydrogen-bond acceptors (Lipinski definition) is 4. The molecule has 1 aliphatic rings. The van der Waals surface area contributed by atoms with Crippen molar-refractivity contribution < 1.29 is 9.47 Å². The molecule has 0 spiro atoms. The van der Waals surface area contributed by atoms with Crippen LogP contribution in [0.25, 0.3) is 0 Å². The monoisotopic (exact) mass is 272 g/mol. The van der Waals surface area contributed by atoms with E-state index in [1.54, 1.807) is 14.2 Å². The quantitative estimate of drug-likeness (QED) is 0.799. The molecular weight excluding hydrogens is 240 g/mol. The van der Waals surface area contributed by atoms with Gasteiger partial charge in [-0.3, -0.25) is 4.90 Å². The van der Waals surface area contributed by atoms with Crippen LogP contribution in [0.15, 0.2) is 0 Å². The van der Waals surface area contributed by atoms with E-state index in [2.05, 4.69) is 37.9 Å². The maximum absolute atomic E-state index is 5.52. The van der Waals surface area contributed by atoms with E-state index in [0.717, 1.165) is 19.6 Å². The molecule has 0 aliphatic carbocycles. The Morgan fingerprint density at radius 3 is 2.47 bits per heavy atom. The molecule has 1 aliphatic heterocycles. The molecule has 1 N–H and O–H groups in total. The molecule has 1 heterocycles. The summed E-state index contributed by atoms with van der Waals surface area (Å²) in [5.41, 5.74) is 0.292. The van der Waals surface area contributed by atoms with E-state index < -0.39 is 0 Å². The summed E-state index contributed by atoms with van der Waals surface area (Å²) in [5.74, 6) is 0. The zero-order valence-electron chi connectivity index (χ0n) is 13.5. The molecular formula is C15H32N2O2. The highest BCUT2D eigenvalue weighted by atomic mass is 16.5. The van der Waals surface area contributed by atoms with E-state index in [-0.39, 0.29) is 6.10 Å². The third-order valence-corrected chi connectivity index (χ3v) is 4.17. The molecule has 1 rings (SSSR count). The van der Waals surface area contributed by atoms with Crippen LogP contribution in [0.3, 0.4) is 0 Å². The van der Waals surface area contributed by atoms with Gasteiger partial charge in [0.2, 0.25) is 0 Å². The van der Waals surface area contributed by atoms with Crippen LogP contribution in [0.5, 0.6) is 0 Å². The van der Waals surface area contributed by atoms with Gasteiger partial charge in [-0.05, 0) is 11.8 Å². The largest absolute Gasteiger partial charge is 0.382 e. The summed E-state index contributed by atoms with van der Waals surface area (Å²) in [6, 6.07) is 1.14. The Bertz CT molecular complexity index is 253. The van der Waals surface area contributed by atoms with Crippen molar-refractivity contribution in [3.63, 3.8) is 0 Å². The fraction of sp³-hybridized carbons (Fsp3) is 1.00. The second kappa shape index (κ2) is 7.58. The molecule has 114 valence electrons. The average molecular weight is 272 g/mol. The van der Waals surface area contributed by atoms with Crippen molar-refractivity contribution >= 4 is 0 Å². The zero-order chi connectivity index (χ0) is 14.5. The highest BCUT2D eigenvalue weighted by Gasteiger charge is 2.34. The highest BCUT2D eigenvalue weighted by Crippen LogP contribution is 2.24. The van der Waals surface area contributed by atoms with Crippen LogP contribution < -0.4 is 5.32 Å². The molecule has 0 radical (unpaired) electrons. The van der Waals surface area contributed by atoms with E-state index in [9.17, 15) is 0 Å². The predicted octanol–water partition coefficient (Wildman–Crippen LogP) is 1.75. The lowest BCUT2D eigenvalue weighted by atomic mass is 9.84. The van der Waals surface area contributed by atoms with Gasteiger partial charge in [0.25, 0.3) is 0 Å². The Balaban J connectivity index is 2.64. The van der Waals surface area contributed by atoms with Crippen LogP contribution in [0, 0.1) is 5.41 Å². The summed E-state index contributed by atoms with van der Waals surface area (Å²) in [4.78, 5) is 2.57. The number of rotatable bonds is 6. The normalized spacial score (nSPS) is 27.5. The second-order valence-corrected chi connectivity index (χ2v) is 6.66. The lowest BCUT2D eigenvalue weighted by Gasteiger charge is -2.45. The molecule has 3 atom stereocenters. The van der Waals surface area contributed by atoms with Gasteiger partial charge >= 0.3 is 0 Å². The Kier molecular flexibility index (Phi) is 6.74. The minimum absolute atomic E-state index is 0.165. The maximum Gasteiger partial charge on any atom is 0.0931 e. The number of nitrogens with zero attached hydrogens (tertiary/aromatic N) is 1. The van der Waals surface area contributed by atoms with Crippen molar-refractivity contribution in [1.82, 2.24) is 10.2 Å². The average Bonchev–Trinajstić information content (AvgIpc) is 2.37. The predicted molar refractivity (Wildman–Crippen MR) is 79.6 cm³/mol. The van der Waals surface area contributed by atoms with Crippen molar-refractivity contribution in [2.45, 2.75) is 52.3 Å². The van der Waals surface area contributed by atoms with E-state index in [1.807, 2.05) is 0 Å². The summed E-state index contributed by atoms with van der Waals surface area (Å²) in [5, 5.41) is 3.70. The molecule has 1 saturated heterocycles. The summed E-state index contributed by atoms with van der Waals surface area (Å²) < 4.78 is 10.8. The van der Waals surface area contributed by atoms with E-state index in [4.69, 9.17) is 9.47 Å². The molecule has 19 heavy (non-hydrogen) atoms. The van der Waals surface area contributed by atoms with E-state index in [0.29, 0.717) is 24.1 Å². The van der Waals surface area contributed by atoms with Gasteiger partial charge < -0.3 is 14.8 Å². The van der Waals surface area contributed by atoms with Gasteiger partial charge in [-0.15, -0.1) is 0 Å². The molecule has 0 bridgehead atoms. The summed E-state index contributed by atoms with van der Waals surface area (Å²) in [6.07, 6.45) is 1.34. The van der Waals surface area contributed by atoms with E-state index in [1.165, 1.54) is 6.42 Å². The first-order chi connectivity index (χ1) is 8.92. The Morgan fingerprint density at radius 1 is 1.32 bits per heavy atom.